The highest BCUT2D eigenvalue weighted by atomic mass is 16.5. The van der Waals surface area contributed by atoms with Gasteiger partial charge in [0.15, 0.2) is 0 Å². The zero-order chi connectivity index (χ0) is 21.9. The molecule has 0 aliphatic heterocycles. The minimum atomic E-state index is -0.731. The minimum absolute atomic E-state index is 0.0823. The Kier molecular flexibility index (Phi) is 11.7. The molecule has 0 amide bonds. The van der Waals surface area contributed by atoms with Crippen LogP contribution in [0, 0.1) is 17.8 Å². The summed E-state index contributed by atoms with van der Waals surface area (Å²) < 4.78 is 5.03. The molecule has 1 fully saturated rings. The van der Waals surface area contributed by atoms with Gasteiger partial charge < -0.3 is 14.9 Å². The number of hydrogen-bond donors (Lipinski definition) is 2. The number of unbranched alkanes of at least 4 members (excludes halogenated alkanes) is 3. The molecule has 2 N–H and O–H groups in total. The van der Waals surface area contributed by atoms with Crippen LogP contribution in [0.1, 0.15) is 91.9 Å². The molecule has 168 valence electrons. The number of hydrogen-bond acceptors (Lipinski definition) is 5. The SMILES string of the molecule is CCCCC(C)(O)CC=C[C@H]1[C@H](O)CC(=O)[C@@H]1CCCCCC(C)C(=O)OCC. The van der Waals surface area contributed by atoms with E-state index in [1.54, 1.807) is 0 Å². The van der Waals surface area contributed by atoms with Crippen LogP contribution in [0.15, 0.2) is 12.2 Å². The fraction of sp³-hybridized carbons (Fsp3) is 0.833. The third kappa shape index (κ3) is 9.43. The summed E-state index contributed by atoms with van der Waals surface area (Å²) in [7, 11) is 0. The molecule has 1 aliphatic rings. The molecule has 5 atom stereocenters. The van der Waals surface area contributed by atoms with Gasteiger partial charge in [-0.05, 0) is 39.5 Å². The predicted molar refractivity (Wildman–Crippen MR) is 115 cm³/mol. The average Bonchev–Trinajstić information content (AvgIpc) is 2.92. The van der Waals surface area contributed by atoms with Crippen LogP contribution < -0.4 is 0 Å². The third-order valence-corrected chi connectivity index (χ3v) is 6.06. The molecule has 0 aromatic heterocycles. The summed E-state index contributed by atoms with van der Waals surface area (Å²) >= 11 is 0. The lowest BCUT2D eigenvalue weighted by Gasteiger charge is -2.22. The number of aliphatic hydroxyl groups excluding tert-OH is 1. The van der Waals surface area contributed by atoms with Gasteiger partial charge in [0.05, 0.1) is 24.2 Å². The Balaban J connectivity index is 2.43. The monoisotopic (exact) mass is 410 g/mol. The van der Waals surface area contributed by atoms with Gasteiger partial charge in [0.1, 0.15) is 5.78 Å². The van der Waals surface area contributed by atoms with Gasteiger partial charge in [-0.3, -0.25) is 9.59 Å². The number of aliphatic hydroxyl groups is 2. The van der Waals surface area contributed by atoms with Crippen molar-refractivity contribution in [3.8, 4) is 0 Å². The number of carbonyl (C=O) groups excluding carboxylic acids is 2. The maximum Gasteiger partial charge on any atom is 0.308 e. The fourth-order valence-electron chi connectivity index (χ4n) is 4.12. The summed E-state index contributed by atoms with van der Waals surface area (Å²) in [6, 6.07) is 0. The minimum Gasteiger partial charge on any atom is -0.466 e. The summed E-state index contributed by atoms with van der Waals surface area (Å²) in [4.78, 5) is 24.0. The van der Waals surface area contributed by atoms with Crippen LogP contribution in [0.2, 0.25) is 0 Å². The Bertz CT molecular complexity index is 525. The highest BCUT2D eigenvalue weighted by Gasteiger charge is 2.39. The summed E-state index contributed by atoms with van der Waals surface area (Å²) in [6.07, 6.45) is 11.2. The largest absolute Gasteiger partial charge is 0.466 e. The Hall–Kier alpha value is -1.20. The van der Waals surface area contributed by atoms with E-state index < -0.39 is 11.7 Å². The third-order valence-electron chi connectivity index (χ3n) is 6.06. The molecule has 0 spiro atoms. The molecule has 2 unspecified atom stereocenters. The predicted octanol–water partition coefficient (Wildman–Crippen LogP) is 4.59. The maximum absolute atomic E-state index is 12.3. The van der Waals surface area contributed by atoms with Crippen molar-refractivity contribution >= 4 is 11.8 Å². The molecule has 1 rings (SSSR count). The molecule has 5 heteroatoms. The lowest BCUT2D eigenvalue weighted by atomic mass is 9.87. The topological polar surface area (TPSA) is 83.8 Å². The average molecular weight is 411 g/mol. The fourth-order valence-corrected chi connectivity index (χ4v) is 4.12. The van der Waals surface area contributed by atoms with Crippen LogP contribution in [0.25, 0.3) is 0 Å². The van der Waals surface area contributed by atoms with Crippen LogP contribution in [-0.2, 0) is 14.3 Å². The summed E-state index contributed by atoms with van der Waals surface area (Å²) in [5.41, 5.74) is -0.731. The van der Waals surface area contributed by atoms with E-state index in [0.29, 0.717) is 13.0 Å². The van der Waals surface area contributed by atoms with Gasteiger partial charge in [-0.25, -0.2) is 0 Å². The van der Waals surface area contributed by atoms with E-state index >= 15 is 0 Å². The second kappa shape index (κ2) is 13.2. The zero-order valence-electron chi connectivity index (χ0n) is 18.9. The molecule has 0 aromatic carbocycles. The van der Waals surface area contributed by atoms with E-state index in [1.165, 1.54) is 0 Å². The molecule has 0 aromatic rings. The first-order valence-electron chi connectivity index (χ1n) is 11.5. The van der Waals surface area contributed by atoms with Crippen molar-refractivity contribution in [3.63, 3.8) is 0 Å². The van der Waals surface area contributed by atoms with Gasteiger partial charge in [-0.1, -0.05) is 58.1 Å². The molecule has 0 radical (unpaired) electrons. The smallest absolute Gasteiger partial charge is 0.308 e. The highest BCUT2D eigenvalue weighted by molar-refractivity contribution is 5.84. The van der Waals surface area contributed by atoms with Crippen LogP contribution in [0.3, 0.4) is 0 Å². The number of ketones is 1. The Morgan fingerprint density at radius 1 is 1.28 bits per heavy atom. The van der Waals surface area contributed by atoms with Crippen molar-refractivity contribution in [2.45, 2.75) is 104 Å². The van der Waals surface area contributed by atoms with Crippen molar-refractivity contribution in [1.29, 1.82) is 0 Å². The molecule has 5 nitrogen and oxygen atoms in total. The van der Waals surface area contributed by atoms with Crippen molar-refractivity contribution in [2.75, 3.05) is 6.61 Å². The van der Waals surface area contributed by atoms with Gasteiger partial charge in [-0.2, -0.15) is 0 Å². The standard InChI is InChI=1S/C24H42O5/c1-5-7-15-24(4,28)16-11-14-20-19(21(25)17-22(20)26)13-10-8-9-12-18(3)23(27)29-6-2/h11,14,18-20,22,26,28H,5-10,12-13,15-17H2,1-4H3/t18?,19-,20-,22-,24?/m1/s1. The quantitative estimate of drug-likeness (QED) is 0.249. The van der Waals surface area contributed by atoms with Crippen LogP contribution in [0.5, 0.6) is 0 Å². The number of esters is 1. The lowest BCUT2D eigenvalue weighted by molar-refractivity contribution is -0.147. The van der Waals surface area contributed by atoms with Crippen molar-refractivity contribution in [1.82, 2.24) is 0 Å². The summed E-state index contributed by atoms with van der Waals surface area (Å²) in [6.45, 7) is 8.07. The highest BCUT2D eigenvalue weighted by Crippen LogP contribution is 2.35. The van der Waals surface area contributed by atoms with Gasteiger partial charge >= 0.3 is 5.97 Å². The van der Waals surface area contributed by atoms with Gasteiger partial charge in [0.25, 0.3) is 0 Å². The first-order valence-corrected chi connectivity index (χ1v) is 11.5. The number of carbonyl (C=O) groups is 2. The van der Waals surface area contributed by atoms with Crippen molar-refractivity contribution in [2.24, 2.45) is 17.8 Å². The summed E-state index contributed by atoms with van der Waals surface area (Å²) in [5, 5.41) is 20.7. The maximum atomic E-state index is 12.3. The molecule has 0 bridgehead atoms. The van der Waals surface area contributed by atoms with Crippen molar-refractivity contribution in [3.05, 3.63) is 12.2 Å². The van der Waals surface area contributed by atoms with E-state index in [0.717, 1.165) is 51.4 Å². The molecule has 29 heavy (non-hydrogen) atoms. The second-order valence-electron chi connectivity index (χ2n) is 8.95. The molecule has 1 saturated carbocycles. The van der Waals surface area contributed by atoms with E-state index in [4.69, 9.17) is 4.74 Å². The molecule has 1 aliphatic carbocycles. The number of Topliss-reactive ketones (excluding diaryl/α,β-unsaturated/α-hetero) is 1. The van der Waals surface area contributed by atoms with E-state index in [1.807, 2.05) is 32.9 Å². The zero-order valence-corrected chi connectivity index (χ0v) is 18.9. The lowest BCUT2D eigenvalue weighted by Crippen LogP contribution is -2.23. The molecular formula is C24H42O5. The number of ether oxygens (including phenoxy) is 1. The number of rotatable bonds is 14. The van der Waals surface area contributed by atoms with E-state index in [-0.39, 0.29) is 35.9 Å². The van der Waals surface area contributed by atoms with Crippen LogP contribution >= 0.6 is 0 Å². The second-order valence-corrected chi connectivity index (χ2v) is 8.95. The summed E-state index contributed by atoms with van der Waals surface area (Å²) in [5.74, 6) is -0.361. The first-order chi connectivity index (χ1) is 13.7. The Labute approximate surface area is 176 Å². The molecule has 0 saturated heterocycles. The Morgan fingerprint density at radius 3 is 2.66 bits per heavy atom. The molecule has 0 heterocycles. The van der Waals surface area contributed by atoms with E-state index in [2.05, 4.69) is 6.92 Å². The van der Waals surface area contributed by atoms with Crippen LogP contribution in [-0.4, -0.2) is 40.3 Å². The van der Waals surface area contributed by atoms with Crippen molar-refractivity contribution < 1.29 is 24.5 Å². The Morgan fingerprint density at radius 2 is 2.00 bits per heavy atom. The van der Waals surface area contributed by atoms with Gasteiger partial charge in [-0.15, -0.1) is 0 Å². The van der Waals surface area contributed by atoms with Gasteiger partial charge in [0, 0.05) is 18.3 Å². The van der Waals surface area contributed by atoms with Crippen LogP contribution in [0.4, 0.5) is 0 Å². The van der Waals surface area contributed by atoms with Gasteiger partial charge in [0.2, 0.25) is 0 Å². The normalized spacial score (nSPS) is 25.3. The molecular weight excluding hydrogens is 368 g/mol. The first kappa shape index (κ1) is 25.8. The van der Waals surface area contributed by atoms with E-state index in [9.17, 15) is 19.8 Å².